The van der Waals surface area contributed by atoms with Gasteiger partial charge in [-0.1, -0.05) is 0 Å². The second-order valence-electron chi connectivity index (χ2n) is 3.91. The molecule has 94 valence electrons. The van der Waals surface area contributed by atoms with Gasteiger partial charge in [0.05, 0.1) is 0 Å². The fourth-order valence-corrected chi connectivity index (χ4v) is 2.83. The van der Waals surface area contributed by atoms with Gasteiger partial charge in [0.2, 0.25) is 0 Å². The average molecular weight is 255 g/mol. The van der Waals surface area contributed by atoms with Gasteiger partial charge in [-0.05, 0) is 12.8 Å². The highest BCUT2D eigenvalue weighted by Gasteiger charge is 2.16. The van der Waals surface area contributed by atoms with E-state index in [-0.39, 0.29) is 0 Å². The third-order valence-corrected chi connectivity index (χ3v) is 3.75. The Hall–Kier alpha value is -0.850. The molecule has 2 heterocycles. The van der Waals surface area contributed by atoms with Crippen LogP contribution in [0.1, 0.15) is 18.7 Å². The zero-order valence-electron chi connectivity index (χ0n) is 9.89. The zero-order valence-corrected chi connectivity index (χ0v) is 10.7. The molecule has 1 aromatic heterocycles. The van der Waals surface area contributed by atoms with Crippen LogP contribution in [0.3, 0.4) is 0 Å². The summed E-state index contributed by atoms with van der Waals surface area (Å²) in [6.07, 6.45) is 2.13. The molecular formula is C11H17N3O2S. The maximum absolute atomic E-state index is 5.75. The van der Waals surface area contributed by atoms with Gasteiger partial charge in [-0.15, -0.1) is 11.8 Å². The summed E-state index contributed by atoms with van der Waals surface area (Å²) in [5, 5.41) is 1.49. The highest BCUT2D eigenvalue weighted by atomic mass is 32.2. The van der Waals surface area contributed by atoms with Crippen molar-refractivity contribution in [3.63, 3.8) is 0 Å². The van der Waals surface area contributed by atoms with Crippen LogP contribution in [0.15, 0.2) is 11.1 Å². The molecule has 5 nitrogen and oxygen atoms in total. The minimum atomic E-state index is 0.395. The molecule has 1 aromatic rings. The van der Waals surface area contributed by atoms with Gasteiger partial charge in [-0.3, -0.25) is 0 Å². The fraction of sp³-hybridized carbons (Fsp3) is 0.636. The predicted molar refractivity (Wildman–Crippen MR) is 66.9 cm³/mol. The van der Waals surface area contributed by atoms with E-state index in [2.05, 4.69) is 9.97 Å². The largest absolute Gasteiger partial charge is 0.384 e. The van der Waals surface area contributed by atoms with E-state index in [4.69, 9.17) is 15.2 Å². The van der Waals surface area contributed by atoms with E-state index < -0.39 is 0 Å². The van der Waals surface area contributed by atoms with Crippen molar-refractivity contribution in [2.45, 2.75) is 29.7 Å². The van der Waals surface area contributed by atoms with Gasteiger partial charge >= 0.3 is 0 Å². The highest BCUT2D eigenvalue weighted by molar-refractivity contribution is 7.99. The van der Waals surface area contributed by atoms with E-state index in [9.17, 15) is 0 Å². The summed E-state index contributed by atoms with van der Waals surface area (Å²) in [5.41, 5.74) is 5.75. The van der Waals surface area contributed by atoms with Crippen LogP contribution in [0.25, 0.3) is 0 Å². The Morgan fingerprint density at radius 3 is 2.94 bits per heavy atom. The van der Waals surface area contributed by atoms with Gasteiger partial charge < -0.3 is 15.2 Å². The van der Waals surface area contributed by atoms with Crippen molar-refractivity contribution in [2.24, 2.45) is 0 Å². The van der Waals surface area contributed by atoms with Gasteiger partial charge in [0, 0.05) is 31.6 Å². The Labute approximate surface area is 105 Å². The zero-order chi connectivity index (χ0) is 12.1. The Bertz CT molecular complexity index is 370. The van der Waals surface area contributed by atoms with Crippen molar-refractivity contribution in [2.75, 3.05) is 26.1 Å². The monoisotopic (exact) mass is 255 g/mol. The highest BCUT2D eigenvalue weighted by Crippen LogP contribution is 2.29. The van der Waals surface area contributed by atoms with Crippen LogP contribution >= 0.6 is 11.8 Å². The van der Waals surface area contributed by atoms with E-state index in [1.54, 1.807) is 18.9 Å². The average Bonchev–Trinajstić information content (AvgIpc) is 2.30. The lowest BCUT2D eigenvalue weighted by Crippen LogP contribution is -2.17. The first-order valence-electron chi connectivity index (χ1n) is 5.64. The number of ether oxygens (including phenoxy) is 2. The van der Waals surface area contributed by atoms with Crippen molar-refractivity contribution in [3.8, 4) is 0 Å². The molecule has 1 aliphatic rings. The summed E-state index contributed by atoms with van der Waals surface area (Å²) in [4.78, 5) is 8.54. The second-order valence-corrected chi connectivity index (χ2v) is 5.23. The van der Waals surface area contributed by atoms with Crippen LogP contribution in [0.5, 0.6) is 0 Å². The van der Waals surface area contributed by atoms with Gasteiger partial charge in [0.1, 0.15) is 17.5 Å². The molecule has 1 fully saturated rings. The van der Waals surface area contributed by atoms with Crippen molar-refractivity contribution in [3.05, 3.63) is 11.9 Å². The predicted octanol–water partition coefficient (Wildman–Crippen LogP) is 1.48. The molecule has 0 amide bonds. The molecule has 2 N–H and O–H groups in total. The summed E-state index contributed by atoms with van der Waals surface area (Å²) < 4.78 is 10.4. The number of thioether (sulfide) groups is 1. The number of aromatic nitrogens is 2. The topological polar surface area (TPSA) is 70.3 Å². The van der Waals surface area contributed by atoms with Crippen LogP contribution in [0.2, 0.25) is 0 Å². The molecule has 6 heteroatoms. The lowest BCUT2D eigenvalue weighted by Gasteiger charge is -2.21. The smallest absolute Gasteiger partial charge is 0.157 e. The third-order valence-electron chi connectivity index (χ3n) is 2.50. The van der Waals surface area contributed by atoms with Crippen LogP contribution in [0, 0.1) is 0 Å². The Kier molecular flexibility index (Phi) is 4.58. The minimum absolute atomic E-state index is 0.395. The number of nitrogens with zero attached hydrogens (tertiary/aromatic N) is 2. The number of methoxy groups -OCH3 is 1. The number of rotatable bonds is 4. The summed E-state index contributed by atoms with van der Waals surface area (Å²) >= 11 is 1.75. The molecule has 0 aliphatic carbocycles. The maximum Gasteiger partial charge on any atom is 0.157 e. The Morgan fingerprint density at radius 2 is 2.24 bits per heavy atom. The first kappa shape index (κ1) is 12.6. The summed E-state index contributed by atoms with van der Waals surface area (Å²) in [5.74, 6) is 1.14. The number of anilines is 1. The van der Waals surface area contributed by atoms with Crippen molar-refractivity contribution in [1.82, 2.24) is 9.97 Å². The van der Waals surface area contributed by atoms with E-state index >= 15 is 0 Å². The Morgan fingerprint density at radius 1 is 1.47 bits per heavy atom. The quantitative estimate of drug-likeness (QED) is 0.822. The molecule has 0 spiro atoms. The van der Waals surface area contributed by atoms with Crippen LogP contribution in [0.4, 0.5) is 5.82 Å². The number of hydrogen-bond acceptors (Lipinski definition) is 6. The number of nitrogen functional groups attached to an aromatic ring is 1. The first-order chi connectivity index (χ1) is 8.28. The van der Waals surface area contributed by atoms with Crippen LogP contribution in [-0.4, -0.2) is 35.5 Å². The molecule has 17 heavy (non-hydrogen) atoms. The molecule has 0 radical (unpaired) electrons. The number of hydrogen-bond donors (Lipinski definition) is 1. The molecule has 0 saturated carbocycles. The Balaban J connectivity index is 2.03. The van der Waals surface area contributed by atoms with E-state index in [1.165, 1.54) is 0 Å². The van der Waals surface area contributed by atoms with Crippen LogP contribution in [-0.2, 0) is 16.1 Å². The van der Waals surface area contributed by atoms with Gasteiger partial charge in [-0.25, -0.2) is 9.97 Å². The lowest BCUT2D eigenvalue weighted by atomic mass is 10.2. The van der Waals surface area contributed by atoms with Gasteiger partial charge in [-0.2, -0.15) is 0 Å². The normalized spacial score (nSPS) is 17.2. The molecular weight excluding hydrogens is 238 g/mol. The molecule has 0 aromatic carbocycles. The second kappa shape index (κ2) is 6.18. The van der Waals surface area contributed by atoms with E-state index in [0.29, 0.717) is 23.5 Å². The summed E-state index contributed by atoms with van der Waals surface area (Å²) in [6.45, 7) is 2.07. The standard InChI is InChI=1S/C11H17N3O2S/c1-15-7-10-13-9(12)6-11(14-10)17-8-2-4-16-5-3-8/h6,8H,2-5,7H2,1H3,(H2,12,13,14). The molecule has 1 aliphatic heterocycles. The fourth-order valence-electron chi connectivity index (χ4n) is 1.71. The molecule has 0 bridgehead atoms. The molecule has 1 saturated heterocycles. The van der Waals surface area contributed by atoms with Crippen molar-refractivity contribution < 1.29 is 9.47 Å². The minimum Gasteiger partial charge on any atom is -0.384 e. The SMILES string of the molecule is COCc1nc(N)cc(SC2CCOCC2)n1. The van der Waals surface area contributed by atoms with Crippen molar-refractivity contribution in [1.29, 1.82) is 0 Å². The summed E-state index contributed by atoms with van der Waals surface area (Å²) in [7, 11) is 1.62. The van der Waals surface area contributed by atoms with E-state index in [1.807, 2.05) is 6.07 Å². The molecule has 2 rings (SSSR count). The molecule has 0 atom stereocenters. The third kappa shape index (κ3) is 3.83. The molecule has 0 unspecified atom stereocenters. The maximum atomic E-state index is 5.75. The first-order valence-corrected chi connectivity index (χ1v) is 6.52. The van der Waals surface area contributed by atoms with Gasteiger partial charge in [0.25, 0.3) is 0 Å². The van der Waals surface area contributed by atoms with Crippen LogP contribution < -0.4 is 5.73 Å². The number of nitrogens with two attached hydrogens (primary N) is 1. The van der Waals surface area contributed by atoms with Gasteiger partial charge in [0.15, 0.2) is 5.82 Å². The lowest BCUT2D eigenvalue weighted by molar-refractivity contribution is 0.1000. The van der Waals surface area contributed by atoms with E-state index in [0.717, 1.165) is 31.1 Å². The van der Waals surface area contributed by atoms with Crippen molar-refractivity contribution >= 4 is 17.6 Å². The summed E-state index contributed by atoms with van der Waals surface area (Å²) in [6, 6.07) is 1.82.